The molecule has 1 atom stereocenters. The number of ether oxygens (including phenoxy) is 2. The van der Waals surface area contributed by atoms with E-state index < -0.39 is 17.3 Å². The number of halogens is 1. The maximum atomic E-state index is 11.5. The van der Waals surface area contributed by atoms with Gasteiger partial charge in [-0.05, 0) is 29.4 Å². The van der Waals surface area contributed by atoms with Crippen LogP contribution in [0, 0.1) is 4.91 Å². The van der Waals surface area contributed by atoms with Crippen molar-refractivity contribution in [3.63, 3.8) is 0 Å². The molecule has 1 rings (SSSR count). The summed E-state index contributed by atoms with van der Waals surface area (Å²) in [7, 11) is 1.25. The van der Waals surface area contributed by atoms with Crippen LogP contribution in [-0.2, 0) is 9.53 Å². The third-order valence-electron chi connectivity index (χ3n) is 2.03. The molecule has 7 heteroatoms. The molecule has 0 aliphatic carbocycles. The molecule has 1 unspecified atom stereocenters. The molecule has 0 fully saturated rings. The summed E-state index contributed by atoms with van der Waals surface area (Å²) >= 11 is 5.39. The highest BCUT2D eigenvalue weighted by Gasteiger charge is 2.17. The van der Waals surface area contributed by atoms with Gasteiger partial charge in [-0.25, -0.2) is 4.79 Å². The second-order valence-electron chi connectivity index (χ2n) is 3.19. The van der Waals surface area contributed by atoms with Crippen molar-refractivity contribution >= 4 is 23.4 Å². The zero-order valence-electron chi connectivity index (χ0n) is 9.46. The number of carbonyl (C=O) groups is 2. The second kappa shape index (κ2) is 6.70. The number of carbonyl (C=O) groups excluding carboxylic acids is 2. The molecule has 6 nitrogen and oxygen atoms in total. The molecule has 0 heterocycles. The summed E-state index contributed by atoms with van der Waals surface area (Å²) in [6.45, 7) is -0.224. The predicted molar refractivity (Wildman–Crippen MR) is 63.7 cm³/mol. The molecule has 0 aliphatic rings. The van der Waals surface area contributed by atoms with Gasteiger partial charge in [-0.2, -0.15) is 0 Å². The predicted octanol–water partition coefficient (Wildman–Crippen LogP) is 1.75. The molecule has 1 aromatic carbocycles. The Balaban J connectivity index is 2.65. The van der Waals surface area contributed by atoms with E-state index in [4.69, 9.17) is 16.3 Å². The number of hydrogen-bond acceptors (Lipinski definition) is 6. The molecule has 96 valence electrons. The fraction of sp³-hybridized carbons (Fsp3) is 0.273. The van der Waals surface area contributed by atoms with E-state index in [9.17, 15) is 14.5 Å². The highest BCUT2D eigenvalue weighted by atomic mass is 35.5. The van der Waals surface area contributed by atoms with Crippen molar-refractivity contribution in [2.24, 2.45) is 5.18 Å². The van der Waals surface area contributed by atoms with Crippen LogP contribution in [0.15, 0.2) is 29.4 Å². The maximum absolute atomic E-state index is 11.5. The van der Waals surface area contributed by atoms with Crippen LogP contribution in [-0.4, -0.2) is 31.0 Å². The van der Waals surface area contributed by atoms with Crippen LogP contribution >= 0.6 is 11.6 Å². The third kappa shape index (κ3) is 3.81. The zero-order valence-corrected chi connectivity index (χ0v) is 10.2. The van der Waals surface area contributed by atoms with Crippen molar-refractivity contribution in [3.8, 4) is 5.75 Å². The van der Waals surface area contributed by atoms with Gasteiger partial charge in [0.2, 0.25) is 11.3 Å². The molecule has 0 radical (unpaired) electrons. The first-order valence-electron chi connectivity index (χ1n) is 4.89. The minimum atomic E-state index is -1.44. The van der Waals surface area contributed by atoms with Gasteiger partial charge in [-0.15, -0.1) is 4.91 Å². The first-order valence-corrected chi connectivity index (χ1v) is 5.32. The van der Waals surface area contributed by atoms with Crippen molar-refractivity contribution in [1.82, 2.24) is 0 Å². The highest BCUT2D eigenvalue weighted by molar-refractivity contribution is 6.33. The van der Waals surface area contributed by atoms with Gasteiger partial charge in [0, 0.05) is 5.56 Å². The second-order valence-corrected chi connectivity index (χ2v) is 3.61. The number of nitroso groups, excluding NO2 is 1. The Kier molecular flexibility index (Phi) is 5.26. The van der Waals surface area contributed by atoms with E-state index in [-0.39, 0.29) is 12.2 Å². The van der Waals surface area contributed by atoms with Gasteiger partial charge < -0.3 is 9.47 Å². The van der Waals surface area contributed by atoms with E-state index >= 15 is 0 Å². The monoisotopic (exact) mass is 271 g/mol. The van der Waals surface area contributed by atoms with Crippen molar-refractivity contribution in [2.45, 2.75) is 5.50 Å². The van der Waals surface area contributed by atoms with Crippen LogP contribution in [0.3, 0.4) is 0 Å². The number of nitrogens with zero attached hydrogens (tertiary/aromatic N) is 1. The van der Waals surface area contributed by atoms with Crippen molar-refractivity contribution in [3.05, 3.63) is 34.7 Å². The summed E-state index contributed by atoms with van der Waals surface area (Å²) in [5.74, 6) is -0.713. The highest BCUT2D eigenvalue weighted by Crippen LogP contribution is 2.15. The number of benzene rings is 1. The maximum Gasteiger partial charge on any atom is 0.343 e. The number of hydrogen-bond donors (Lipinski definition) is 0. The van der Waals surface area contributed by atoms with Crippen LogP contribution in [0.4, 0.5) is 0 Å². The molecule has 0 N–H and O–H groups in total. The van der Waals surface area contributed by atoms with Crippen LogP contribution < -0.4 is 4.74 Å². The van der Waals surface area contributed by atoms with E-state index in [1.165, 1.54) is 31.4 Å². The molecule has 0 aromatic heterocycles. The Morgan fingerprint density at radius 2 is 1.94 bits per heavy atom. The zero-order chi connectivity index (χ0) is 13.5. The van der Waals surface area contributed by atoms with Crippen molar-refractivity contribution in [2.75, 3.05) is 13.7 Å². The largest absolute Gasteiger partial charge is 0.482 e. The lowest BCUT2D eigenvalue weighted by molar-refractivity contribution is -0.142. The lowest BCUT2D eigenvalue weighted by Crippen LogP contribution is -2.13. The number of Topliss-reactive ketones (excluding diaryl/α,β-unsaturated/α-hetero) is 1. The van der Waals surface area contributed by atoms with E-state index in [1.54, 1.807) is 0 Å². The topological polar surface area (TPSA) is 82.0 Å². The minimum Gasteiger partial charge on any atom is -0.482 e. The lowest BCUT2D eigenvalue weighted by Gasteiger charge is -2.05. The first-order chi connectivity index (χ1) is 8.58. The van der Waals surface area contributed by atoms with Gasteiger partial charge in [0.05, 0.1) is 7.11 Å². The minimum absolute atomic E-state index is 0.224. The standard InChI is InChI=1S/C11H10ClNO5/c1-17-9(14)6-18-8-4-2-7(3-5-8)10(15)11(12)13-16/h2-5,11H,6H2,1H3. The molecular weight excluding hydrogens is 262 g/mol. The molecule has 0 saturated heterocycles. The summed E-state index contributed by atoms with van der Waals surface area (Å²) < 4.78 is 9.47. The molecule has 0 bridgehead atoms. The van der Waals surface area contributed by atoms with Crippen LogP contribution in [0.5, 0.6) is 5.75 Å². The summed E-state index contributed by atoms with van der Waals surface area (Å²) in [6, 6.07) is 5.81. The van der Waals surface area contributed by atoms with Gasteiger partial charge >= 0.3 is 5.97 Å². The Labute approximate surface area is 108 Å². The Morgan fingerprint density at radius 3 is 2.44 bits per heavy atom. The van der Waals surface area contributed by atoms with E-state index in [0.29, 0.717) is 5.75 Å². The molecule has 0 spiro atoms. The fourth-order valence-corrected chi connectivity index (χ4v) is 1.23. The van der Waals surface area contributed by atoms with Gasteiger partial charge in [0.1, 0.15) is 5.75 Å². The summed E-state index contributed by atoms with van der Waals surface area (Å²) in [6.07, 6.45) is 0. The molecule has 18 heavy (non-hydrogen) atoms. The molecule has 0 aliphatic heterocycles. The lowest BCUT2D eigenvalue weighted by atomic mass is 10.1. The molecule has 0 saturated carbocycles. The van der Waals surface area contributed by atoms with Crippen molar-refractivity contribution < 1.29 is 19.1 Å². The Bertz CT molecular complexity index is 445. The third-order valence-corrected chi connectivity index (χ3v) is 2.31. The van der Waals surface area contributed by atoms with Crippen LogP contribution in [0.2, 0.25) is 0 Å². The normalized spacial score (nSPS) is 11.4. The van der Waals surface area contributed by atoms with Crippen LogP contribution in [0.1, 0.15) is 10.4 Å². The van der Waals surface area contributed by atoms with Gasteiger partial charge in [0.25, 0.3) is 0 Å². The number of esters is 1. The fourth-order valence-electron chi connectivity index (χ4n) is 1.10. The summed E-state index contributed by atoms with van der Waals surface area (Å²) in [4.78, 5) is 32.4. The average Bonchev–Trinajstić information content (AvgIpc) is 2.43. The smallest absolute Gasteiger partial charge is 0.343 e. The van der Waals surface area contributed by atoms with E-state index in [2.05, 4.69) is 9.91 Å². The molecule has 1 aromatic rings. The quantitative estimate of drug-likeness (QED) is 0.259. The number of alkyl halides is 1. The van der Waals surface area contributed by atoms with Crippen molar-refractivity contribution in [1.29, 1.82) is 0 Å². The average molecular weight is 272 g/mol. The first kappa shape index (κ1) is 14.1. The number of rotatable bonds is 6. The Morgan fingerprint density at radius 1 is 1.33 bits per heavy atom. The molecular formula is C11H10ClNO5. The summed E-state index contributed by atoms with van der Waals surface area (Å²) in [5.41, 5.74) is -1.20. The number of ketones is 1. The summed E-state index contributed by atoms with van der Waals surface area (Å²) in [5, 5.41) is 2.43. The van der Waals surface area contributed by atoms with Gasteiger partial charge in [-0.1, -0.05) is 11.6 Å². The SMILES string of the molecule is COC(=O)COc1ccc(C(=O)C(Cl)N=O)cc1. The van der Waals surface area contributed by atoms with E-state index in [0.717, 1.165) is 0 Å². The van der Waals surface area contributed by atoms with Crippen LogP contribution in [0.25, 0.3) is 0 Å². The number of methoxy groups -OCH3 is 1. The van der Waals surface area contributed by atoms with Gasteiger partial charge in [0.15, 0.2) is 6.61 Å². The Hall–Kier alpha value is -1.95. The molecule has 0 amide bonds. The van der Waals surface area contributed by atoms with Gasteiger partial charge in [-0.3, -0.25) is 4.79 Å². The van der Waals surface area contributed by atoms with E-state index in [1.807, 2.05) is 0 Å².